The lowest BCUT2D eigenvalue weighted by Crippen LogP contribution is -2.27. The van der Waals surface area contributed by atoms with Gasteiger partial charge in [0.05, 0.1) is 0 Å². The van der Waals surface area contributed by atoms with Gasteiger partial charge in [-0.15, -0.1) is 24.0 Å². The summed E-state index contributed by atoms with van der Waals surface area (Å²) in [6.45, 7) is 6.35. The molecule has 0 saturated heterocycles. The second-order valence-electron chi connectivity index (χ2n) is 4.56. The molecule has 1 aliphatic carbocycles. The molecule has 0 atom stereocenters. The van der Waals surface area contributed by atoms with Gasteiger partial charge in [-0.25, -0.2) is 0 Å². The van der Waals surface area contributed by atoms with Gasteiger partial charge in [0.1, 0.15) is 0 Å². The summed E-state index contributed by atoms with van der Waals surface area (Å²) in [4.78, 5) is 0. The van der Waals surface area contributed by atoms with E-state index in [9.17, 15) is 0 Å². The van der Waals surface area contributed by atoms with E-state index in [2.05, 4.69) is 37.3 Å². The van der Waals surface area contributed by atoms with Crippen LogP contribution in [0.5, 0.6) is 0 Å². The van der Waals surface area contributed by atoms with E-state index in [1.807, 2.05) is 13.8 Å². The normalized spacial score (nSPS) is 17.4. The summed E-state index contributed by atoms with van der Waals surface area (Å²) >= 11 is 0. The molecule has 1 aliphatic rings. The Morgan fingerprint density at radius 3 is 1.94 bits per heavy atom. The lowest BCUT2D eigenvalue weighted by Gasteiger charge is -2.37. The Balaban J connectivity index is 0.000000811. The minimum absolute atomic E-state index is 0. The van der Waals surface area contributed by atoms with E-state index in [0.29, 0.717) is 5.41 Å². The van der Waals surface area contributed by atoms with Crippen LogP contribution < -0.4 is 0 Å². The highest BCUT2D eigenvalue weighted by Gasteiger charge is 2.31. The molecule has 1 fully saturated rings. The zero-order chi connectivity index (χ0) is 11.9. The van der Waals surface area contributed by atoms with Crippen molar-refractivity contribution in [1.29, 1.82) is 0 Å². The largest absolute Gasteiger partial charge is 0.107 e. The van der Waals surface area contributed by atoms with Crippen molar-refractivity contribution >= 4 is 24.0 Å². The molecule has 0 spiro atoms. The summed E-state index contributed by atoms with van der Waals surface area (Å²) in [6.07, 6.45) is 8.37. The quantitative estimate of drug-likeness (QED) is 0.581. The van der Waals surface area contributed by atoms with Gasteiger partial charge in [0, 0.05) is 0 Å². The summed E-state index contributed by atoms with van der Waals surface area (Å²) < 4.78 is 0. The van der Waals surface area contributed by atoms with Crippen molar-refractivity contribution in [3.63, 3.8) is 0 Å². The first-order valence-corrected chi connectivity index (χ1v) is 6.93. The first-order valence-electron chi connectivity index (χ1n) is 6.93. The Kier molecular flexibility index (Phi) is 8.93. The van der Waals surface area contributed by atoms with Crippen LogP contribution in [0.15, 0.2) is 30.3 Å². The van der Waals surface area contributed by atoms with Crippen LogP contribution in [0.25, 0.3) is 0 Å². The number of halogens is 1. The van der Waals surface area contributed by atoms with Gasteiger partial charge in [-0.05, 0) is 30.2 Å². The van der Waals surface area contributed by atoms with Crippen molar-refractivity contribution in [3.05, 3.63) is 35.9 Å². The fourth-order valence-electron chi connectivity index (χ4n) is 2.87. The van der Waals surface area contributed by atoms with Crippen LogP contribution in [0.2, 0.25) is 0 Å². The van der Waals surface area contributed by atoms with Crippen LogP contribution in [0.4, 0.5) is 0 Å². The molecule has 0 aromatic heterocycles. The molecule has 0 aliphatic heterocycles. The van der Waals surface area contributed by atoms with Crippen LogP contribution in [0.3, 0.4) is 0 Å². The number of hydrogen-bond acceptors (Lipinski definition) is 0. The predicted molar refractivity (Wildman–Crippen MR) is 88.3 cm³/mol. The summed E-state index contributed by atoms with van der Waals surface area (Å²) in [5.74, 6) is 0. The second kappa shape index (κ2) is 8.96. The zero-order valence-corrected chi connectivity index (χ0v) is 13.9. The highest BCUT2D eigenvalue weighted by atomic mass is 127. The average molecular weight is 346 g/mol. The Labute approximate surface area is 124 Å². The minimum atomic E-state index is 0. The monoisotopic (exact) mass is 346 g/mol. The number of hydrogen-bond donors (Lipinski definition) is 0. The fraction of sp³-hybridized carbons (Fsp3) is 0.625. The maximum absolute atomic E-state index is 2.35. The van der Waals surface area contributed by atoms with Gasteiger partial charge in [0.25, 0.3) is 0 Å². The minimum Gasteiger partial charge on any atom is -0.107 e. The highest BCUT2D eigenvalue weighted by Crippen LogP contribution is 2.41. The number of rotatable bonds is 2. The van der Waals surface area contributed by atoms with E-state index in [1.165, 1.54) is 38.5 Å². The standard InChI is InChI=1S/C14H20.C2H6.HI/c1-2-14(11-7-4-8-12-14)13-9-5-3-6-10-13;1-2;/h3,5-6,9-10H,2,4,7-8,11-12H2,1H3;1-2H3;1H. The molecular formula is C16H27I. The highest BCUT2D eigenvalue weighted by molar-refractivity contribution is 14.0. The van der Waals surface area contributed by atoms with E-state index in [4.69, 9.17) is 0 Å². The third-order valence-electron chi connectivity index (χ3n) is 3.87. The Bertz CT molecular complexity index is 273. The van der Waals surface area contributed by atoms with E-state index < -0.39 is 0 Å². The van der Waals surface area contributed by atoms with E-state index >= 15 is 0 Å². The third-order valence-corrected chi connectivity index (χ3v) is 3.87. The first-order chi connectivity index (χ1) is 7.87. The van der Waals surface area contributed by atoms with Gasteiger partial charge in [0.15, 0.2) is 0 Å². The van der Waals surface area contributed by atoms with Crippen molar-refractivity contribution in [2.75, 3.05) is 0 Å². The van der Waals surface area contributed by atoms with Crippen molar-refractivity contribution < 1.29 is 0 Å². The molecule has 0 heterocycles. The molecule has 0 nitrogen and oxygen atoms in total. The van der Waals surface area contributed by atoms with Crippen LogP contribution in [0.1, 0.15) is 64.9 Å². The predicted octanol–water partition coefficient (Wildman–Crippen LogP) is 5.94. The average Bonchev–Trinajstić information content (AvgIpc) is 2.43. The smallest absolute Gasteiger partial charge is 0.00496 e. The van der Waals surface area contributed by atoms with Gasteiger partial charge >= 0.3 is 0 Å². The zero-order valence-electron chi connectivity index (χ0n) is 11.5. The summed E-state index contributed by atoms with van der Waals surface area (Å²) in [7, 11) is 0. The topological polar surface area (TPSA) is 0 Å². The molecule has 0 radical (unpaired) electrons. The Hall–Kier alpha value is -0.0500. The molecule has 1 saturated carbocycles. The molecule has 1 heteroatoms. The number of benzene rings is 1. The van der Waals surface area contributed by atoms with Crippen LogP contribution in [-0.2, 0) is 5.41 Å². The van der Waals surface area contributed by atoms with Crippen molar-refractivity contribution in [2.24, 2.45) is 0 Å². The molecule has 98 valence electrons. The molecular weight excluding hydrogens is 319 g/mol. The summed E-state index contributed by atoms with van der Waals surface area (Å²) in [5.41, 5.74) is 2.08. The maximum Gasteiger partial charge on any atom is -0.00496 e. The Morgan fingerprint density at radius 2 is 1.47 bits per heavy atom. The molecule has 1 aromatic rings. The Morgan fingerprint density at radius 1 is 0.941 bits per heavy atom. The van der Waals surface area contributed by atoms with E-state index in [0.717, 1.165) is 0 Å². The van der Waals surface area contributed by atoms with Crippen molar-refractivity contribution in [3.8, 4) is 0 Å². The molecule has 0 unspecified atom stereocenters. The van der Waals surface area contributed by atoms with Crippen molar-refractivity contribution in [1.82, 2.24) is 0 Å². The summed E-state index contributed by atoms with van der Waals surface area (Å²) in [6, 6.07) is 11.1. The lowest BCUT2D eigenvalue weighted by atomic mass is 9.68. The van der Waals surface area contributed by atoms with Crippen molar-refractivity contribution in [2.45, 2.75) is 64.7 Å². The molecule has 2 rings (SSSR count). The molecule has 0 amide bonds. The van der Waals surface area contributed by atoms with Crippen LogP contribution >= 0.6 is 24.0 Å². The van der Waals surface area contributed by atoms with Gasteiger partial charge in [0.2, 0.25) is 0 Å². The third kappa shape index (κ3) is 4.27. The first kappa shape index (κ1) is 16.9. The van der Waals surface area contributed by atoms with Gasteiger partial charge in [-0.3, -0.25) is 0 Å². The van der Waals surface area contributed by atoms with Gasteiger partial charge in [-0.2, -0.15) is 0 Å². The molecule has 17 heavy (non-hydrogen) atoms. The lowest BCUT2D eigenvalue weighted by molar-refractivity contribution is 0.283. The van der Waals surface area contributed by atoms with E-state index in [1.54, 1.807) is 5.56 Å². The van der Waals surface area contributed by atoms with Gasteiger partial charge < -0.3 is 0 Å². The van der Waals surface area contributed by atoms with Crippen LogP contribution in [0, 0.1) is 0 Å². The van der Waals surface area contributed by atoms with Crippen LogP contribution in [-0.4, -0.2) is 0 Å². The van der Waals surface area contributed by atoms with E-state index in [-0.39, 0.29) is 24.0 Å². The molecule has 0 N–H and O–H groups in total. The molecule has 0 bridgehead atoms. The SMILES string of the molecule is CC.CCC1(c2ccccc2)CCCCC1.I. The summed E-state index contributed by atoms with van der Waals surface area (Å²) in [5, 5.41) is 0. The molecule has 1 aromatic carbocycles. The second-order valence-corrected chi connectivity index (χ2v) is 4.56. The van der Waals surface area contributed by atoms with Gasteiger partial charge in [-0.1, -0.05) is 70.4 Å². The fourth-order valence-corrected chi connectivity index (χ4v) is 2.87. The maximum atomic E-state index is 2.35.